The number of carboxylic acid groups (broad SMARTS) is 1. The first kappa shape index (κ1) is 22.4. The summed E-state index contributed by atoms with van der Waals surface area (Å²) in [6, 6.07) is 10.7. The molecule has 5 heteroatoms. The van der Waals surface area contributed by atoms with Gasteiger partial charge in [-0.25, -0.2) is 4.79 Å². The molecule has 170 valence electrons. The predicted octanol–water partition coefficient (Wildman–Crippen LogP) is 5.88. The van der Waals surface area contributed by atoms with Gasteiger partial charge in [-0.2, -0.15) is 0 Å². The summed E-state index contributed by atoms with van der Waals surface area (Å²) in [5.41, 5.74) is 7.88. The molecule has 1 aliphatic heterocycles. The molecular weight excluding hydrogens is 400 g/mol. The number of carboxylic acids is 1. The Balaban J connectivity index is 2.13. The largest absolute Gasteiger partial charge is 0.479 e. The molecule has 0 fully saturated rings. The van der Waals surface area contributed by atoms with E-state index >= 15 is 0 Å². The lowest BCUT2D eigenvalue weighted by atomic mass is 9.87. The third-order valence-corrected chi connectivity index (χ3v) is 6.48. The number of aliphatic carboxylic acids is 1. The summed E-state index contributed by atoms with van der Waals surface area (Å²) in [5.74, 6) is -0.962. The van der Waals surface area contributed by atoms with Crippen molar-refractivity contribution in [1.82, 2.24) is 4.57 Å². The number of aryl methyl sites for hydroxylation is 2. The Hall–Kier alpha value is -2.79. The molecule has 0 bridgehead atoms. The lowest BCUT2D eigenvalue weighted by Crippen LogP contribution is -2.31. The molecule has 2 heterocycles. The topological polar surface area (TPSA) is 54.7 Å². The molecule has 32 heavy (non-hydrogen) atoms. The van der Waals surface area contributed by atoms with Crippen LogP contribution < -0.4 is 4.90 Å². The number of likely N-dealkylation sites (N-methyl/N-ethyl adjacent to an activating group) is 1. The molecule has 1 aromatic heterocycles. The summed E-state index contributed by atoms with van der Waals surface area (Å²) >= 11 is 0. The summed E-state index contributed by atoms with van der Waals surface area (Å²) in [7, 11) is 2.09. The maximum absolute atomic E-state index is 12.6. The zero-order valence-electron chi connectivity index (χ0n) is 20.2. The smallest absolute Gasteiger partial charge is 0.337 e. The molecule has 0 saturated carbocycles. The first-order valence-electron chi connectivity index (χ1n) is 11.4. The van der Waals surface area contributed by atoms with Crippen LogP contribution in [0.25, 0.3) is 22.0 Å². The quantitative estimate of drug-likeness (QED) is 0.545. The normalized spacial score (nSPS) is 14.8. The SMILES string of the molecule is CCc1ccc(-c2c([C@H](OC(C)(C)C)C(=O)O)c(C)c3c4c2cc(C)n4CCN3C)cc1. The van der Waals surface area contributed by atoms with E-state index in [1.165, 1.54) is 16.8 Å². The first-order valence-corrected chi connectivity index (χ1v) is 11.4. The minimum absolute atomic E-state index is 0.598. The molecule has 2 aromatic carbocycles. The number of nitrogens with zero attached hydrogens (tertiary/aromatic N) is 2. The van der Waals surface area contributed by atoms with E-state index in [1.54, 1.807) is 0 Å². The van der Waals surface area contributed by atoms with Crippen LogP contribution >= 0.6 is 0 Å². The second kappa shape index (κ2) is 7.96. The lowest BCUT2D eigenvalue weighted by Gasteiger charge is -2.34. The van der Waals surface area contributed by atoms with Crippen molar-refractivity contribution in [3.63, 3.8) is 0 Å². The van der Waals surface area contributed by atoms with Crippen LogP contribution in [0.15, 0.2) is 30.3 Å². The number of hydrogen-bond donors (Lipinski definition) is 1. The molecule has 0 radical (unpaired) electrons. The van der Waals surface area contributed by atoms with Crippen LogP contribution in [0.3, 0.4) is 0 Å². The Morgan fingerprint density at radius 1 is 1.16 bits per heavy atom. The first-order chi connectivity index (χ1) is 15.0. The minimum atomic E-state index is -1.06. The van der Waals surface area contributed by atoms with Crippen LogP contribution in [0.1, 0.15) is 56.2 Å². The van der Waals surface area contributed by atoms with Crippen molar-refractivity contribution >= 4 is 22.6 Å². The van der Waals surface area contributed by atoms with Gasteiger partial charge in [0.2, 0.25) is 0 Å². The number of anilines is 1. The van der Waals surface area contributed by atoms with E-state index in [4.69, 9.17) is 4.74 Å². The van der Waals surface area contributed by atoms with Gasteiger partial charge in [-0.05, 0) is 69.4 Å². The zero-order valence-corrected chi connectivity index (χ0v) is 20.2. The second-order valence-corrected chi connectivity index (χ2v) is 9.88. The van der Waals surface area contributed by atoms with Crippen molar-refractivity contribution in [1.29, 1.82) is 0 Å². The van der Waals surface area contributed by atoms with Crippen molar-refractivity contribution in [3.05, 3.63) is 52.7 Å². The van der Waals surface area contributed by atoms with E-state index in [-0.39, 0.29) is 0 Å². The van der Waals surface area contributed by atoms with Crippen molar-refractivity contribution in [2.45, 2.75) is 66.2 Å². The van der Waals surface area contributed by atoms with Crippen LogP contribution in [0.5, 0.6) is 0 Å². The maximum atomic E-state index is 12.6. The Bertz CT molecular complexity index is 1180. The Morgan fingerprint density at radius 2 is 1.81 bits per heavy atom. The monoisotopic (exact) mass is 434 g/mol. The van der Waals surface area contributed by atoms with E-state index in [1.807, 2.05) is 27.7 Å². The molecule has 0 amide bonds. The summed E-state index contributed by atoms with van der Waals surface area (Å²) < 4.78 is 8.55. The van der Waals surface area contributed by atoms with E-state index in [2.05, 4.69) is 60.7 Å². The van der Waals surface area contributed by atoms with Crippen LogP contribution in [-0.2, 0) is 22.5 Å². The Kier molecular flexibility index (Phi) is 5.58. The summed E-state index contributed by atoms with van der Waals surface area (Å²) in [5, 5.41) is 11.4. The molecule has 0 saturated heterocycles. The van der Waals surface area contributed by atoms with Gasteiger partial charge in [-0.3, -0.25) is 0 Å². The molecule has 1 atom stereocenters. The van der Waals surface area contributed by atoms with Gasteiger partial charge in [0.25, 0.3) is 0 Å². The number of hydrogen-bond acceptors (Lipinski definition) is 3. The van der Waals surface area contributed by atoms with Gasteiger partial charge in [0, 0.05) is 36.8 Å². The zero-order chi connectivity index (χ0) is 23.4. The molecule has 4 rings (SSSR count). The van der Waals surface area contributed by atoms with Crippen molar-refractivity contribution in [3.8, 4) is 11.1 Å². The second-order valence-electron chi connectivity index (χ2n) is 9.88. The number of ether oxygens (including phenoxy) is 1. The number of rotatable bonds is 5. The highest BCUT2D eigenvalue weighted by Gasteiger charge is 2.35. The molecule has 0 spiro atoms. The highest BCUT2D eigenvalue weighted by Crippen LogP contribution is 2.47. The van der Waals surface area contributed by atoms with Crippen LogP contribution in [0.4, 0.5) is 5.69 Å². The van der Waals surface area contributed by atoms with Gasteiger partial charge in [0.1, 0.15) is 0 Å². The van der Waals surface area contributed by atoms with E-state index in [9.17, 15) is 9.90 Å². The van der Waals surface area contributed by atoms with Gasteiger partial charge in [-0.15, -0.1) is 0 Å². The van der Waals surface area contributed by atoms with E-state index < -0.39 is 17.7 Å². The van der Waals surface area contributed by atoms with E-state index in [0.29, 0.717) is 0 Å². The fraction of sp³-hybridized carbons (Fsp3) is 0.444. The van der Waals surface area contributed by atoms with Crippen molar-refractivity contribution < 1.29 is 14.6 Å². The third kappa shape index (κ3) is 3.69. The van der Waals surface area contributed by atoms with Gasteiger partial charge >= 0.3 is 5.97 Å². The fourth-order valence-electron chi connectivity index (χ4n) is 5.01. The molecule has 0 unspecified atom stereocenters. The molecular formula is C27H34N2O3. The van der Waals surface area contributed by atoms with Gasteiger partial charge in [-0.1, -0.05) is 31.2 Å². The fourth-order valence-corrected chi connectivity index (χ4v) is 5.01. The average molecular weight is 435 g/mol. The highest BCUT2D eigenvalue weighted by molar-refractivity contribution is 6.07. The van der Waals surface area contributed by atoms with Gasteiger partial charge in [0.15, 0.2) is 6.10 Å². The molecule has 5 nitrogen and oxygen atoms in total. The number of carbonyl (C=O) groups is 1. The standard InChI is InChI=1S/C27H34N2O3/c1-8-18-9-11-19(12-10-18)22-20-15-16(2)29-14-13-28(7)23(24(20)29)17(3)21(22)25(26(30)31)32-27(4,5)6/h9-12,15,25H,8,13-14H2,1-7H3,(H,30,31)/t25-/m0/s1. The molecule has 1 aliphatic rings. The number of benzene rings is 2. The summed E-state index contributed by atoms with van der Waals surface area (Å²) in [6.07, 6.45) is -0.0958. The van der Waals surface area contributed by atoms with Gasteiger partial charge in [0.05, 0.1) is 16.8 Å². The maximum Gasteiger partial charge on any atom is 0.337 e. The lowest BCUT2D eigenvalue weighted by molar-refractivity contribution is -0.160. The average Bonchev–Trinajstić information content (AvgIpc) is 3.05. The molecule has 3 aromatic rings. The summed E-state index contributed by atoms with van der Waals surface area (Å²) in [6.45, 7) is 13.8. The van der Waals surface area contributed by atoms with E-state index in [0.717, 1.165) is 52.8 Å². The van der Waals surface area contributed by atoms with Crippen LogP contribution in [-0.4, -0.2) is 34.8 Å². The van der Waals surface area contributed by atoms with Crippen LogP contribution in [0.2, 0.25) is 0 Å². The summed E-state index contributed by atoms with van der Waals surface area (Å²) in [4.78, 5) is 14.8. The van der Waals surface area contributed by atoms with Crippen molar-refractivity contribution in [2.24, 2.45) is 0 Å². The highest BCUT2D eigenvalue weighted by atomic mass is 16.5. The van der Waals surface area contributed by atoms with Crippen molar-refractivity contribution in [2.75, 3.05) is 18.5 Å². The van der Waals surface area contributed by atoms with Gasteiger partial charge < -0.3 is 19.3 Å². The minimum Gasteiger partial charge on any atom is -0.479 e. The van der Waals surface area contributed by atoms with Crippen LogP contribution in [0, 0.1) is 13.8 Å². The predicted molar refractivity (Wildman–Crippen MR) is 131 cm³/mol. The number of aromatic nitrogens is 1. The molecule has 1 N–H and O–H groups in total. The Morgan fingerprint density at radius 3 is 2.38 bits per heavy atom. The Labute approximate surface area is 190 Å². The molecule has 0 aliphatic carbocycles. The third-order valence-electron chi connectivity index (χ3n) is 6.48.